The fourth-order valence-corrected chi connectivity index (χ4v) is 2.46. The molecule has 0 radical (unpaired) electrons. The zero-order valence-electron chi connectivity index (χ0n) is 13.1. The summed E-state index contributed by atoms with van der Waals surface area (Å²) in [6.07, 6.45) is 4.64. The van der Waals surface area contributed by atoms with E-state index in [2.05, 4.69) is 23.3 Å². The first kappa shape index (κ1) is 15.4. The predicted molar refractivity (Wildman–Crippen MR) is 82.9 cm³/mol. The molecule has 0 aliphatic rings. The Balaban J connectivity index is 2.23. The van der Waals surface area contributed by atoms with Crippen LogP contribution in [0.5, 0.6) is 11.5 Å². The van der Waals surface area contributed by atoms with Crippen LogP contribution >= 0.6 is 0 Å². The second-order valence-electron chi connectivity index (χ2n) is 4.90. The second kappa shape index (κ2) is 7.13. The van der Waals surface area contributed by atoms with Crippen LogP contribution in [0, 0.1) is 0 Å². The van der Waals surface area contributed by atoms with Gasteiger partial charge in [-0.05, 0) is 30.7 Å². The van der Waals surface area contributed by atoms with Crippen molar-refractivity contribution in [3.05, 3.63) is 42.0 Å². The van der Waals surface area contributed by atoms with Crippen LogP contribution in [0.4, 0.5) is 0 Å². The highest BCUT2D eigenvalue weighted by molar-refractivity contribution is 5.43. The van der Waals surface area contributed by atoms with Gasteiger partial charge in [-0.25, -0.2) is 4.98 Å². The topological polar surface area (TPSA) is 48.3 Å². The normalized spacial score (nSPS) is 12.2. The molecule has 0 bridgehead atoms. The van der Waals surface area contributed by atoms with Crippen LogP contribution in [-0.2, 0) is 13.5 Å². The molecule has 21 heavy (non-hydrogen) atoms. The Labute approximate surface area is 125 Å². The predicted octanol–water partition coefficient (Wildman–Crippen LogP) is 2.33. The van der Waals surface area contributed by atoms with E-state index in [1.807, 2.05) is 36.1 Å². The van der Waals surface area contributed by atoms with Gasteiger partial charge in [-0.3, -0.25) is 0 Å². The van der Waals surface area contributed by atoms with Gasteiger partial charge in [0.1, 0.15) is 5.82 Å². The summed E-state index contributed by atoms with van der Waals surface area (Å²) in [6.45, 7) is 3.00. The van der Waals surface area contributed by atoms with Crippen molar-refractivity contribution in [1.82, 2.24) is 14.9 Å². The maximum absolute atomic E-state index is 5.37. The van der Waals surface area contributed by atoms with Crippen LogP contribution in [-0.4, -0.2) is 30.3 Å². The molecule has 0 spiro atoms. The summed E-state index contributed by atoms with van der Waals surface area (Å²) in [4.78, 5) is 4.45. The van der Waals surface area contributed by atoms with Gasteiger partial charge in [0.2, 0.25) is 0 Å². The van der Waals surface area contributed by atoms with Crippen molar-refractivity contribution in [3.63, 3.8) is 0 Å². The molecule has 5 nitrogen and oxygen atoms in total. The number of rotatable bonds is 7. The molecule has 5 heteroatoms. The third-order valence-corrected chi connectivity index (χ3v) is 3.51. The van der Waals surface area contributed by atoms with Crippen molar-refractivity contribution in [3.8, 4) is 11.5 Å². The number of aromatic nitrogens is 2. The van der Waals surface area contributed by atoms with Gasteiger partial charge in [0, 0.05) is 19.4 Å². The van der Waals surface area contributed by atoms with Crippen molar-refractivity contribution in [2.45, 2.75) is 19.4 Å². The molecule has 0 aliphatic carbocycles. The van der Waals surface area contributed by atoms with Crippen molar-refractivity contribution in [2.75, 3.05) is 20.8 Å². The first-order valence-corrected chi connectivity index (χ1v) is 7.11. The van der Waals surface area contributed by atoms with Gasteiger partial charge < -0.3 is 19.4 Å². The van der Waals surface area contributed by atoms with Crippen molar-refractivity contribution in [2.24, 2.45) is 7.05 Å². The molecule has 1 N–H and O–H groups in total. The molecule has 0 amide bonds. The third-order valence-electron chi connectivity index (χ3n) is 3.51. The van der Waals surface area contributed by atoms with Gasteiger partial charge in [0.05, 0.1) is 20.3 Å². The molecule has 0 fully saturated rings. The standard InChI is InChI=1S/C16H23N3O2/c1-5-17-13(16-18-8-9-19(16)2)10-12-6-7-14(20-3)15(11-12)21-4/h6-9,11,13,17H,5,10H2,1-4H3. The molecule has 1 unspecified atom stereocenters. The summed E-state index contributed by atoms with van der Waals surface area (Å²) in [5.74, 6) is 2.54. The number of aryl methyl sites for hydroxylation is 1. The van der Waals surface area contributed by atoms with E-state index in [4.69, 9.17) is 9.47 Å². The summed E-state index contributed by atoms with van der Waals surface area (Å²) in [7, 11) is 5.32. The molecule has 2 aromatic rings. The number of ether oxygens (including phenoxy) is 2. The number of likely N-dealkylation sites (N-methyl/N-ethyl adjacent to an activating group) is 1. The minimum absolute atomic E-state index is 0.174. The van der Waals surface area contributed by atoms with E-state index >= 15 is 0 Å². The Morgan fingerprint density at radius 3 is 2.57 bits per heavy atom. The minimum atomic E-state index is 0.174. The van der Waals surface area contributed by atoms with E-state index in [-0.39, 0.29) is 6.04 Å². The monoisotopic (exact) mass is 289 g/mol. The van der Waals surface area contributed by atoms with Crippen LogP contribution in [0.25, 0.3) is 0 Å². The molecule has 2 rings (SSSR count). The quantitative estimate of drug-likeness (QED) is 0.850. The summed E-state index contributed by atoms with van der Waals surface area (Å²) < 4.78 is 12.7. The summed E-state index contributed by atoms with van der Waals surface area (Å²) in [5, 5.41) is 3.49. The lowest BCUT2D eigenvalue weighted by molar-refractivity contribution is 0.354. The average Bonchev–Trinajstić information content (AvgIpc) is 2.92. The molecule has 0 saturated carbocycles. The maximum atomic E-state index is 5.37. The van der Waals surface area contributed by atoms with Gasteiger partial charge in [-0.2, -0.15) is 0 Å². The summed E-state index contributed by atoms with van der Waals surface area (Å²) in [6, 6.07) is 6.20. The number of benzene rings is 1. The minimum Gasteiger partial charge on any atom is -0.493 e. The lowest BCUT2D eigenvalue weighted by Crippen LogP contribution is -2.25. The lowest BCUT2D eigenvalue weighted by atomic mass is 10.0. The average molecular weight is 289 g/mol. The molecule has 0 aliphatic heterocycles. The zero-order valence-corrected chi connectivity index (χ0v) is 13.1. The lowest BCUT2D eigenvalue weighted by Gasteiger charge is -2.18. The molecule has 1 heterocycles. The van der Waals surface area contributed by atoms with E-state index in [9.17, 15) is 0 Å². The van der Waals surface area contributed by atoms with Crippen LogP contribution in [0.2, 0.25) is 0 Å². The van der Waals surface area contributed by atoms with Crippen LogP contribution in [0.1, 0.15) is 24.4 Å². The van der Waals surface area contributed by atoms with Gasteiger partial charge in [-0.15, -0.1) is 0 Å². The number of hydrogen-bond acceptors (Lipinski definition) is 4. The van der Waals surface area contributed by atoms with Gasteiger partial charge in [0.25, 0.3) is 0 Å². The van der Waals surface area contributed by atoms with E-state index < -0.39 is 0 Å². The van der Waals surface area contributed by atoms with Crippen molar-refractivity contribution in [1.29, 1.82) is 0 Å². The van der Waals surface area contributed by atoms with E-state index in [1.54, 1.807) is 14.2 Å². The zero-order chi connectivity index (χ0) is 15.2. The molecular weight excluding hydrogens is 266 g/mol. The summed E-state index contributed by atoms with van der Waals surface area (Å²) >= 11 is 0. The Bertz CT molecular complexity index is 581. The van der Waals surface area contributed by atoms with Crippen LogP contribution in [0.15, 0.2) is 30.6 Å². The molecule has 1 aromatic heterocycles. The Morgan fingerprint density at radius 2 is 2.00 bits per heavy atom. The first-order chi connectivity index (χ1) is 10.2. The van der Waals surface area contributed by atoms with Crippen molar-refractivity contribution < 1.29 is 9.47 Å². The number of nitrogens with one attached hydrogen (secondary N) is 1. The number of hydrogen-bond donors (Lipinski definition) is 1. The van der Waals surface area contributed by atoms with E-state index in [1.165, 1.54) is 5.56 Å². The van der Waals surface area contributed by atoms with Gasteiger partial charge in [0.15, 0.2) is 11.5 Å². The summed E-state index contributed by atoms with van der Waals surface area (Å²) in [5.41, 5.74) is 1.18. The molecule has 1 atom stereocenters. The maximum Gasteiger partial charge on any atom is 0.160 e. The van der Waals surface area contributed by atoms with Crippen LogP contribution in [0.3, 0.4) is 0 Å². The van der Waals surface area contributed by atoms with Gasteiger partial charge >= 0.3 is 0 Å². The number of nitrogens with zero attached hydrogens (tertiary/aromatic N) is 2. The Hall–Kier alpha value is -2.01. The van der Waals surface area contributed by atoms with Gasteiger partial charge in [-0.1, -0.05) is 13.0 Å². The van der Waals surface area contributed by atoms with E-state index in [0.717, 1.165) is 30.3 Å². The first-order valence-electron chi connectivity index (χ1n) is 7.11. The SMILES string of the molecule is CCNC(Cc1ccc(OC)c(OC)c1)c1nccn1C. The molecule has 1 aromatic carbocycles. The fourth-order valence-electron chi connectivity index (χ4n) is 2.46. The molecular formula is C16H23N3O2. The highest BCUT2D eigenvalue weighted by atomic mass is 16.5. The molecule has 0 saturated heterocycles. The Morgan fingerprint density at radius 1 is 1.24 bits per heavy atom. The van der Waals surface area contributed by atoms with E-state index in [0.29, 0.717) is 0 Å². The third kappa shape index (κ3) is 3.55. The highest BCUT2D eigenvalue weighted by Crippen LogP contribution is 2.29. The molecule has 114 valence electrons. The second-order valence-corrected chi connectivity index (χ2v) is 4.90. The number of imidazole rings is 1. The Kier molecular flexibility index (Phi) is 5.22. The van der Waals surface area contributed by atoms with Crippen LogP contribution < -0.4 is 14.8 Å². The fraction of sp³-hybridized carbons (Fsp3) is 0.438. The smallest absolute Gasteiger partial charge is 0.160 e. The number of methoxy groups -OCH3 is 2. The highest BCUT2D eigenvalue weighted by Gasteiger charge is 2.16. The van der Waals surface area contributed by atoms with Crippen molar-refractivity contribution >= 4 is 0 Å². The largest absolute Gasteiger partial charge is 0.493 e.